The minimum atomic E-state index is -0.0600. The Bertz CT molecular complexity index is 1350. The Kier molecular flexibility index (Phi) is 6.93. The number of nitrogens with one attached hydrogen (secondary N) is 1. The predicted molar refractivity (Wildman–Crippen MR) is 142 cm³/mol. The van der Waals surface area contributed by atoms with Crippen molar-refractivity contribution in [3.8, 4) is 5.69 Å². The van der Waals surface area contributed by atoms with Gasteiger partial charge >= 0.3 is 0 Å². The van der Waals surface area contributed by atoms with Gasteiger partial charge in [0.25, 0.3) is 0 Å². The number of imidazole rings is 1. The summed E-state index contributed by atoms with van der Waals surface area (Å²) in [5, 5.41) is 3.75. The highest BCUT2D eigenvalue weighted by Gasteiger charge is 2.27. The Morgan fingerprint density at radius 1 is 1.03 bits per heavy atom. The molecule has 34 heavy (non-hydrogen) atoms. The van der Waals surface area contributed by atoms with E-state index in [1.807, 2.05) is 30.3 Å². The first-order valence-corrected chi connectivity index (χ1v) is 12.7. The predicted octanol–water partition coefficient (Wildman–Crippen LogP) is 6.95. The third kappa shape index (κ3) is 4.86. The lowest BCUT2D eigenvalue weighted by molar-refractivity contribution is -0.121. The van der Waals surface area contributed by atoms with Crippen LogP contribution in [0.5, 0.6) is 0 Å². The van der Waals surface area contributed by atoms with Gasteiger partial charge in [-0.2, -0.15) is 0 Å². The van der Waals surface area contributed by atoms with Gasteiger partial charge in [0.05, 0.1) is 33.3 Å². The molecule has 1 aliphatic heterocycles. The third-order valence-electron chi connectivity index (χ3n) is 6.23. The minimum Gasteiger partial charge on any atom is -0.324 e. The largest absolute Gasteiger partial charge is 0.324 e. The molecule has 5 rings (SSSR count). The van der Waals surface area contributed by atoms with E-state index in [9.17, 15) is 4.79 Å². The summed E-state index contributed by atoms with van der Waals surface area (Å²) < 4.78 is 3.25. The number of likely N-dealkylation sites (tertiary alicyclic amines) is 1. The fraction of sp³-hybridized carbons (Fsp3) is 0.231. The summed E-state index contributed by atoms with van der Waals surface area (Å²) in [7, 11) is 0. The molecule has 1 fully saturated rings. The van der Waals surface area contributed by atoms with Crippen LogP contribution in [0.2, 0.25) is 10.0 Å². The van der Waals surface area contributed by atoms with Crippen LogP contribution in [-0.2, 0) is 11.3 Å². The fourth-order valence-electron chi connectivity index (χ4n) is 4.47. The standard InChI is InChI=1S/C26H23BrCl2N4O/c27-18-5-3-6-19(15-18)33-23-10-2-1-8-21(23)30-24(33)16-32-13-11-17(12-14-32)26(34)31-22-9-4-7-20(28)25(22)29/h1-10,15,17H,11-14,16H2,(H,31,34). The highest BCUT2D eigenvalue weighted by molar-refractivity contribution is 9.10. The van der Waals surface area contributed by atoms with Crippen LogP contribution in [0.3, 0.4) is 0 Å². The zero-order chi connectivity index (χ0) is 23.7. The lowest BCUT2D eigenvalue weighted by Crippen LogP contribution is -2.38. The van der Waals surface area contributed by atoms with E-state index >= 15 is 0 Å². The van der Waals surface area contributed by atoms with Crippen LogP contribution in [0.4, 0.5) is 5.69 Å². The van der Waals surface area contributed by atoms with Crippen LogP contribution in [-0.4, -0.2) is 33.4 Å². The van der Waals surface area contributed by atoms with Crippen molar-refractivity contribution in [3.05, 3.63) is 87.1 Å². The monoisotopic (exact) mass is 556 g/mol. The number of halogens is 3. The Morgan fingerprint density at radius 3 is 2.59 bits per heavy atom. The summed E-state index contributed by atoms with van der Waals surface area (Å²) in [4.78, 5) is 20.1. The molecule has 8 heteroatoms. The number of piperidine rings is 1. The van der Waals surface area contributed by atoms with E-state index in [1.54, 1.807) is 18.2 Å². The molecule has 2 heterocycles. The van der Waals surface area contributed by atoms with Crippen molar-refractivity contribution in [1.29, 1.82) is 0 Å². The van der Waals surface area contributed by atoms with Crippen LogP contribution in [0.25, 0.3) is 16.7 Å². The zero-order valence-corrected chi connectivity index (χ0v) is 21.4. The lowest BCUT2D eigenvalue weighted by atomic mass is 9.96. The average Bonchev–Trinajstić information content (AvgIpc) is 3.20. The number of amides is 1. The molecule has 0 spiro atoms. The van der Waals surface area contributed by atoms with Crippen molar-refractivity contribution in [2.24, 2.45) is 5.92 Å². The fourth-order valence-corrected chi connectivity index (χ4v) is 5.21. The van der Waals surface area contributed by atoms with E-state index < -0.39 is 0 Å². The van der Waals surface area contributed by atoms with Crippen LogP contribution in [0.1, 0.15) is 18.7 Å². The Balaban J connectivity index is 1.30. The maximum atomic E-state index is 12.8. The first-order chi connectivity index (χ1) is 16.5. The summed E-state index contributed by atoms with van der Waals surface area (Å²) in [5.41, 5.74) is 3.70. The van der Waals surface area contributed by atoms with Gasteiger partial charge in [0.1, 0.15) is 5.82 Å². The smallest absolute Gasteiger partial charge is 0.227 e. The number of para-hydroxylation sites is 2. The molecule has 1 amide bonds. The summed E-state index contributed by atoms with van der Waals surface area (Å²) in [6.45, 7) is 2.36. The molecule has 5 nitrogen and oxygen atoms in total. The normalized spacial score (nSPS) is 15.0. The Labute approximate surface area is 216 Å². The zero-order valence-electron chi connectivity index (χ0n) is 18.3. The van der Waals surface area contributed by atoms with Crippen LogP contribution in [0.15, 0.2) is 71.2 Å². The second-order valence-corrected chi connectivity index (χ2v) is 10.2. The van der Waals surface area contributed by atoms with E-state index in [4.69, 9.17) is 28.2 Å². The molecule has 0 unspecified atom stereocenters. The summed E-state index contributed by atoms with van der Waals surface area (Å²) in [6, 6.07) is 21.7. The minimum absolute atomic E-state index is 0.00908. The molecule has 1 aliphatic rings. The van der Waals surface area contributed by atoms with Gasteiger partial charge in [0.15, 0.2) is 0 Å². The second kappa shape index (κ2) is 10.1. The quantitative estimate of drug-likeness (QED) is 0.289. The molecule has 1 aromatic heterocycles. The number of benzene rings is 3. The topological polar surface area (TPSA) is 50.2 Å². The van der Waals surface area contributed by atoms with Crippen LogP contribution in [0, 0.1) is 5.92 Å². The molecule has 0 bridgehead atoms. The molecule has 4 aromatic rings. The Morgan fingerprint density at radius 2 is 1.79 bits per heavy atom. The summed E-state index contributed by atoms with van der Waals surface area (Å²) in [6.07, 6.45) is 1.56. The molecule has 1 saturated heterocycles. The van der Waals surface area contributed by atoms with Crippen molar-refractivity contribution >= 4 is 61.8 Å². The highest BCUT2D eigenvalue weighted by Crippen LogP contribution is 2.31. The van der Waals surface area contributed by atoms with Crippen molar-refractivity contribution < 1.29 is 4.79 Å². The maximum absolute atomic E-state index is 12.8. The van der Waals surface area contributed by atoms with Crippen molar-refractivity contribution in [3.63, 3.8) is 0 Å². The van der Waals surface area contributed by atoms with Crippen molar-refractivity contribution in [2.45, 2.75) is 19.4 Å². The number of hydrogen-bond acceptors (Lipinski definition) is 3. The average molecular weight is 558 g/mol. The van der Waals surface area contributed by atoms with Gasteiger partial charge in [0.2, 0.25) is 5.91 Å². The molecule has 174 valence electrons. The maximum Gasteiger partial charge on any atom is 0.227 e. The Hall–Kier alpha value is -2.38. The number of hydrogen-bond donors (Lipinski definition) is 1. The van der Waals surface area contributed by atoms with Crippen molar-refractivity contribution in [2.75, 3.05) is 18.4 Å². The van der Waals surface area contributed by atoms with Gasteiger partial charge in [-0.25, -0.2) is 4.98 Å². The molecule has 1 N–H and O–H groups in total. The van der Waals surface area contributed by atoms with Crippen LogP contribution >= 0.6 is 39.1 Å². The summed E-state index contributed by atoms with van der Waals surface area (Å²) >= 11 is 15.9. The number of carbonyl (C=O) groups is 1. The van der Waals surface area contributed by atoms with Gasteiger partial charge in [-0.3, -0.25) is 14.3 Å². The summed E-state index contributed by atoms with van der Waals surface area (Å²) in [5.74, 6) is 0.924. The van der Waals surface area contributed by atoms with E-state index in [1.165, 1.54) is 0 Å². The van der Waals surface area contributed by atoms with E-state index in [0.29, 0.717) is 15.7 Å². The number of aromatic nitrogens is 2. The molecule has 0 atom stereocenters. The van der Waals surface area contributed by atoms with E-state index in [0.717, 1.165) is 59.5 Å². The highest BCUT2D eigenvalue weighted by atomic mass is 79.9. The third-order valence-corrected chi connectivity index (χ3v) is 7.54. The van der Waals surface area contributed by atoms with Gasteiger partial charge in [-0.05, 0) is 68.4 Å². The molecule has 0 aliphatic carbocycles. The molecule has 3 aromatic carbocycles. The number of anilines is 1. The first kappa shape index (κ1) is 23.4. The van der Waals surface area contributed by atoms with Gasteiger partial charge < -0.3 is 5.32 Å². The first-order valence-electron chi connectivity index (χ1n) is 11.2. The molecular formula is C26H23BrCl2N4O. The van der Waals surface area contributed by atoms with E-state index in [-0.39, 0.29) is 11.8 Å². The molecular weight excluding hydrogens is 535 g/mol. The molecule has 0 saturated carbocycles. The van der Waals surface area contributed by atoms with Crippen molar-refractivity contribution in [1.82, 2.24) is 14.5 Å². The second-order valence-electron chi connectivity index (χ2n) is 8.47. The molecule has 0 radical (unpaired) electrons. The number of fused-ring (bicyclic) bond motifs is 1. The van der Waals surface area contributed by atoms with Crippen LogP contribution < -0.4 is 5.32 Å². The van der Waals surface area contributed by atoms with E-state index in [2.05, 4.69) is 48.9 Å². The SMILES string of the molecule is O=C(Nc1cccc(Cl)c1Cl)C1CCN(Cc2nc3ccccc3n2-c2cccc(Br)c2)CC1. The lowest BCUT2D eigenvalue weighted by Gasteiger charge is -2.31. The van der Waals surface area contributed by atoms with Gasteiger partial charge in [-0.15, -0.1) is 0 Å². The van der Waals surface area contributed by atoms with Gasteiger partial charge in [-0.1, -0.05) is 63.4 Å². The number of rotatable bonds is 5. The number of carbonyl (C=O) groups excluding carboxylic acids is 1. The number of nitrogens with zero attached hydrogens (tertiary/aromatic N) is 3. The van der Waals surface area contributed by atoms with Gasteiger partial charge in [0, 0.05) is 16.1 Å².